The first-order valence-corrected chi connectivity index (χ1v) is 3.59. The lowest BCUT2D eigenvalue weighted by atomic mass is 10.3. The van der Waals surface area contributed by atoms with Crippen LogP contribution in [0.4, 0.5) is 0 Å². The molecule has 0 fully saturated rings. The van der Waals surface area contributed by atoms with E-state index in [9.17, 15) is 0 Å². The molecule has 1 aromatic heterocycles. The third-order valence-electron chi connectivity index (χ3n) is 1.38. The van der Waals surface area contributed by atoms with Gasteiger partial charge < -0.3 is 11.5 Å². The van der Waals surface area contributed by atoms with Gasteiger partial charge in [-0.1, -0.05) is 5.21 Å². The van der Waals surface area contributed by atoms with Crippen molar-refractivity contribution in [3.8, 4) is 0 Å². The molecule has 0 saturated heterocycles. The molecule has 0 bridgehead atoms. The van der Waals surface area contributed by atoms with Gasteiger partial charge in [0.15, 0.2) is 0 Å². The van der Waals surface area contributed by atoms with Gasteiger partial charge in [-0.2, -0.15) is 0 Å². The maximum atomic E-state index is 5.58. The Morgan fingerprint density at radius 3 is 2.91 bits per heavy atom. The van der Waals surface area contributed by atoms with Gasteiger partial charge in [0, 0.05) is 12.6 Å². The summed E-state index contributed by atoms with van der Waals surface area (Å²) in [7, 11) is 0. The van der Waals surface area contributed by atoms with Crippen LogP contribution in [0.1, 0.15) is 18.7 Å². The molecule has 0 radical (unpaired) electrons. The maximum Gasteiger partial charge on any atom is 0.0991 e. The van der Waals surface area contributed by atoms with E-state index in [1.54, 1.807) is 4.68 Å². The quantitative estimate of drug-likeness (QED) is 0.602. The maximum absolute atomic E-state index is 5.58. The van der Waals surface area contributed by atoms with Crippen molar-refractivity contribution in [3.05, 3.63) is 11.9 Å². The Labute approximate surface area is 65.4 Å². The summed E-state index contributed by atoms with van der Waals surface area (Å²) in [5.74, 6) is 0. The number of hydrogen-bond donors (Lipinski definition) is 2. The Hall–Kier alpha value is -0.940. The molecular formula is C6H13N5. The number of nitrogens with two attached hydrogens (primary N) is 2. The highest BCUT2D eigenvalue weighted by Gasteiger charge is 2.03. The molecule has 62 valence electrons. The van der Waals surface area contributed by atoms with Gasteiger partial charge in [-0.05, 0) is 6.92 Å². The average molecular weight is 155 g/mol. The zero-order chi connectivity index (χ0) is 8.27. The molecule has 11 heavy (non-hydrogen) atoms. The van der Waals surface area contributed by atoms with Crippen LogP contribution in [0.2, 0.25) is 0 Å². The summed E-state index contributed by atoms with van der Waals surface area (Å²) in [5.41, 5.74) is 11.7. The number of nitrogens with zero attached hydrogens (tertiary/aromatic N) is 3. The summed E-state index contributed by atoms with van der Waals surface area (Å²) in [6.45, 7) is 3.14. The van der Waals surface area contributed by atoms with Crippen LogP contribution in [-0.4, -0.2) is 21.5 Å². The van der Waals surface area contributed by atoms with E-state index in [0.29, 0.717) is 13.1 Å². The third kappa shape index (κ3) is 1.99. The second kappa shape index (κ2) is 3.45. The van der Waals surface area contributed by atoms with Gasteiger partial charge >= 0.3 is 0 Å². The van der Waals surface area contributed by atoms with Crippen LogP contribution < -0.4 is 11.5 Å². The lowest BCUT2D eigenvalue weighted by molar-refractivity contribution is 0.598. The first-order chi connectivity index (χ1) is 5.24. The first kappa shape index (κ1) is 8.16. The SMILES string of the molecule is CC(N)c1cn(CCN)nn1. The van der Waals surface area contributed by atoms with Gasteiger partial charge in [-0.3, -0.25) is 4.68 Å². The molecule has 0 saturated carbocycles. The molecule has 1 aromatic rings. The molecule has 4 N–H and O–H groups in total. The molecule has 0 amide bonds. The Balaban J connectivity index is 2.66. The normalized spacial score (nSPS) is 13.4. The van der Waals surface area contributed by atoms with E-state index in [2.05, 4.69) is 10.3 Å². The molecule has 0 aliphatic heterocycles. The zero-order valence-electron chi connectivity index (χ0n) is 6.57. The van der Waals surface area contributed by atoms with Gasteiger partial charge in [-0.25, -0.2) is 0 Å². The monoisotopic (exact) mass is 155 g/mol. The second-order valence-electron chi connectivity index (χ2n) is 2.48. The van der Waals surface area contributed by atoms with Crippen molar-refractivity contribution in [1.82, 2.24) is 15.0 Å². The third-order valence-corrected chi connectivity index (χ3v) is 1.38. The fraction of sp³-hybridized carbons (Fsp3) is 0.667. The van der Waals surface area contributed by atoms with E-state index in [1.165, 1.54) is 0 Å². The largest absolute Gasteiger partial charge is 0.329 e. The number of rotatable bonds is 3. The molecule has 1 atom stereocenters. The van der Waals surface area contributed by atoms with E-state index in [4.69, 9.17) is 11.5 Å². The van der Waals surface area contributed by atoms with Crippen LogP contribution in [0.3, 0.4) is 0 Å². The Morgan fingerprint density at radius 2 is 2.45 bits per heavy atom. The van der Waals surface area contributed by atoms with Crippen molar-refractivity contribution in [2.75, 3.05) is 6.54 Å². The fourth-order valence-electron chi connectivity index (χ4n) is 0.764. The number of aromatic nitrogens is 3. The van der Waals surface area contributed by atoms with Crippen LogP contribution in [0.15, 0.2) is 6.20 Å². The molecule has 0 spiro atoms. The van der Waals surface area contributed by atoms with Gasteiger partial charge in [-0.15, -0.1) is 5.10 Å². The smallest absolute Gasteiger partial charge is 0.0991 e. The van der Waals surface area contributed by atoms with Gasteiger partial charge in [0.2, 0.25) is 0 Å². The van der Waals surface area contributed by atoms with Gasteiger partial charge in [0.05, 0.1) is 18.4 Å². The van der Waals surface area contributed by atoms with Crippen molar-refractivity contribution in [1.29, 1.82) is 0 Å². The lowest BCUT2D eigenvalue weighted by Crippen LogP contribution is -2.10. The summed E-state index contributed by atoms with van der Waals surface area (Å²) in [4.78, 5) is 0. The molecule has 0 aliphatic carbocycles. The van der Waals surface area contributed by atoms with Gasteiger partial charge in [0.1, 0.15) is 0 Å². The summed E-state index contributed by atoms with van der Waals surface area (Å²) in [6.07, 6.45) is 1.82. The standard InChI is InChI=1S/C6H13N5/c1-5(8)6-4-11(3-2-7)10-9-6/h4-5H,2-3,7-8H2,1H3. The Kier molecular flexibility index (Phi) is 2.56. The van der Waals surface area contributed by atoms with E-state index < -0.39 is 0 Å². The van der Waals surface area contributed by atoms with Crippen LogP contribution in [0.5, 0.6) is 0 Å². The molecule has 5 nitrogen and oxygen atoms in total. The van der Waals surface area contributed by atoms with Crippen molar-refractivity contribution in [2.45, 2.75) is 19.5 Å². The predicted molar refractivity (Wildman–Crippen MR) is 41.7 cm³/mol. The highest BCUT2D eigenvalue weighted by Crippen LogP contribution is 2.02. The minimum Gasteiger partial charge on any atom is -0.329 e. The summed E-state index contributed by atoms with van der Waals surface area (Å²) >= 11 is 0. The first-order valence-electron chi connectivity index (χ1n) is 3.59. The zero-order valence-corrected chi connectivity index (χ0v) is 6.57. The molecule has 1 unspecified atom stereocenters. The van der Waals surface area contributed by atoms with Crippen molar-refractivity contribution in [2.24, 2.45) is 11.5 Å². The van der Waals surface area contributed by atoms with Crippen molar-refractivity contribution < 1.29 is 0 Å². The number of hydrogen-bond acceptors (Lipinski definition) is 4. The van der Waals surface area contributed by atoms with Crippen LogP contribution in [-0.2, 0) is 6.54 Å². The van der Waals surface area contributed by atoms with Crippen molar-refractivity contribution in [3.63, 3.8) is 0 Å². The Bertz CT molecular complexity index is 217. The molecule has 1 rings (SSSR count). The summed E-state index contributed by atoms with van der Waals surface area (Å²) in [6, 6.07) is -0.0541. The second-order valence-corrected chi connectivity index (χ2v) is 2.48. The lowest BCUT2D eigenvalue weighted by Gasteiger charge is -1.96. The van der Waals surface area contributed by atoms with E-state index >= 15 is 0 Å². The molecule has 1 heterocycles. The van der Waals surface area contributed by atoms with Crippen molar-refractivity contribution >= 4 is 0 Å². The highest BCUT2D eigenvalue weighted by atomic mass is 15.4. The minimum absolute atomic E-state index is 0.0541. The topological polar surface area (TPSA) is 82.8 Å². The predicted octanol–water partition coefficient (Wildman–Crippen LogP) is -0.743. The van der Waals surface area contributed by atoms with E-state index in [-0.39, 0.29) is 6.04 Å². The Morgan fingerprint density at radius 1 is 1.73 bits per heavy atom. The van der Waals surface area contributed by atoms with E-state index in [0.717, 1.165) is 5.69 Å². The molecule has 5 heteroatoms. The fourth-order valence-corrected chi connectivity index (χ4v) is 0.764. The highest BCUT2D eigenvalue weighted by molar-refractivity contribution is 4.97. The summed E-state index contributed by atoms with van der Waals surface area (Å²) in [5, 5.41) is 7.70. The molecule has 0 aliphatic rings. The van der Waals surface area contributed by atoms with E-state index in [1.807, 2.05) is 13.1 Å². The van der Waals surface area contributed by atoms with Crippen LogP contribution in [0.25, 0.3) is 0 Å². The molecular weight excluding hydrogens is 142 g/mol. The minimum atomic E-state index is -0.0541. The molecule has 0 aromatic carbocycles. The van der Waals surface area contributed by atoms with Crippen LogP contribution in [0, 0.1) is 0 Å². The van der Waals surface area contributed by atoms with Crippen LogP contribution >= 0.6 is 0 Å². The van der Waals surface area contributed by atoms with Gasteiger partial charge in [0.25, 0.3) is 0 Å². The average Bonchev–Trinajstić information content (AvgIpc) is 2.37. The summed E-state index contributed by atoms with van der Waals surface area (Å²) < 4.78 is 1.69.